The molecule has 0 spiro atoms. The molecular weight excluding hydrogens is 438 g/mol. The van der Waals surface area contributed by atoms with Gasteiger partial charge in [-0.05, 0) is 17.5 Å². The zero-order valence-electron chi connectivity index (χ0n) is 17.4. The van der Waals surface area contributed by atoms with Crippen LogP contribution in [0.1, 0.15) is 11.1 Å². The minimum absolute atomic E-state index is 0.152. The number of thiocarbonyl (C=S) groups is 1. The van der Waals surface area contributed by atoms with Gasteiger partial charge in [-0.25, -0.2) is 0 Å². The van der Waals surface area contributed by atoms with E-state index in [-0.39, 0.29) is 34.3 Å². The Morgan fingerprint density at radius 3 is 2.58 bits per heavy atom. The average molecular weight is 459 g/mol. The number of nitrogens with one attached hydrogen (secondary N) is 1. The number of hydrogen-bond donors (Lipinski definition) is 3. The van der Waals surface area contributed by atoms with Crippen molar-refractivity contribution in [2.24, 2.45) is 0 Å². The van der Waals surface area contributed by atoms with Gasteiger partial charge in [0.2, 0.25) is 0 Å². The van der Waals surface area contributed by atoms with E-state index in [0.717, 1.165) is 16.5 Å². The molecule has 7 nitrogen and oxygen atoms in total. The van der Waals surface area contributed by atoms with Gasteiger partial charge in [-0.1, -0.05) is 60.7 Å². The van der Waals surface area contributed by atoms with Crippen LogP contribution < -0.4 is 9.88 Å². The number of aliphatic hydroxyl groups is 2. The highest BCUT2D eigenvalue weighted by molar-refractivity contribution is 7.81. The largest absolute Gasteiger partial charge is 0.502 e. The van der Waals surface area contributed by atoms with Crippen LogP contribution in [0.3, 0.4) is 0 Å². The number of fused-ring (bicyclic) bond motifs is 1. The molecule has 0 saturated heterocycles. The number of nitro groups is 1. The van der Waals surface area contributed by atoms with Crippen molar-refractivity contribution in [3.05, 3.63) is 112 Å². The van der Waals surface area contributed by atoms with E-state index < -0.39 is 4.92 Å². The number of benzene rings is 3. The lowest BCUT2D eigenvalue weighted by atomic mass is 10.1. The third-order valence-corrected chi connectivity index (χ3v) is 5.41. The molecule has 0 saturated carbocycles. The molecule has 164 valence electrons. The summed E-state index contributed by atoms with van der Waals surface area (Å²) in [4.78, 5) is 10.9. The quantitative estimate of drug-likeness (QED) is 0.0954. The van der Waals surface area contributed by atoms with Crippen molar-refractivity contribution < 1.29 is 19.7 Å². The zero-order chi connectivity index (χ0) is 23.4. The Labute approximate surface area is 195 Å². The van der Waals surface area contributed by atoms with Crippen LogP contribution in [0.4, 0.5) is 11.4 Å². The SMILES string of the molecule is O=[N+]([O-])c1cccc(/C(O)=C(/C(=S)Nc2cccc3ccccc23)[n+]2cccc(CO)c2)c1. The molecule has 0 unspecified atom stereocenters. The summed E-state index contributed by atoms with van der Waals surface area (Å²) in [6.07, 6.45) is 3.32. The molecule has 4 aromatic rings. The molecule has 0 amide bonds. The molecule has 0 atom stereocenters. The fraction of sp³-hybridized carbons (Fsp3) is 0.0400. The number of pyridine rings is 1. The number of nitro benzene ring substituents is 1. The van der Waals surface area contributed by atoms with E-state index in [4.69, 9.17) is 12.2 Å². The Hall–Kier alpha value is -4.14. The lowest BCUT2D eigenvalue weighted by Gasteiger charge is -2.12. The Morgan fingerprint density at radius 2 is 1.79 bits per heavy atom. The summed E-state index contributed by atoms with van der Waals surface area (Å²) in [6, 6.07) is 22.7. The number of rotatable bonds is 6. The van der Waals surface area contributed by atoms with E-state index in [1.165, 1.54) is 18.2 Å². The Morgan fingerprint density at radius 1 is 1.03 bits per heavy atom. The van der Waals surface area contributed by atoms with E-state index in [1.807, 2.05) is 42.5 Å². The lowest BCUT2D eigenvalue weighted by molar-refractivity contribution is -0.576. The number of anilines is 1. The fourth-order valence-corrected chi connectivity index (χ4v) is 3.84. The van der Waals surface area contributed by atoms with E-state index in [9.17, 15) is 20.3 Å². The Bertz CT molecular complexity index is 1400. The molecule has 33 heavy (non-hydrogen) atoms. The summed E-state index contributed by atoms with van der Waals surface area (Å²) in [7, 11) is 0. The summed E-state index contributed by atoms with van der Waals surface area (Å²) >= 11 is 5.70. The zero-order valence-corrected chi connectivity index (χ0v) is 18.2. The van der Waals surface area contributed by atoms with E-state index in [2.05, 4.69) is 5.32 Å². The topological polar surface area (TPSA) is 99.5 Å². The lowest BCUT2D eigenvalue weighted by Crippen LogP contribution is -2.39. The highest BCUT2D eigenvalue weighted by atomic mass is 32.1. The Kier molecular flexibility index (Phi) is 6.39. The van der Waals surface area contributed by atoms with Gasteiger partial charge in [0.1, 0.15) is 0 Å². The second kappa shape index (κ2) is 9.56. The first kappa shape index (κ1) is 22.1. The molecule has 1 heterocycles. The van der Waals surface area contributed by atoms with Crippen LogP contribution >= 0.6 is 12.2 Å². The van der Waals surface area contributed by atoms with Gasteiger partial charge in [-0.15, -0.1) is 0 Å². The summed E-state index contributed by atoms with van der Waals surface area (Å²) in [5.74, 6) is -0.239. The van der Waals surface area contributed by atoms with Crippen LogP contribution in [0.5, 0.6) is 0 Å². The normalized spacial score (nSPS) is 11.7. The van der Waals surface area contributed by atoms with Crippen LogP contribution in [-0.2, 0) is 6.61 Å². The first-order chi connectivity index (χ1) is 16.0. The standard InChI is InChI=1S/C25H19N3O4S/c29-16-17-6-5-13-27(15-17)23(24(30)19-9-3-10-20(14-19)28(31)32)25(33)26-22-12-4-8-18-7-1-2-11-21(18)22/h1-15,29H,16H2,(H-,26,30,33)/p+1. The molecule has 0 radical (unpaired) electrons. The van der Waals surface area contributed by atoms with Crippen LogP contribution in [0.2, 0.25) is 0 Å². The van der Waals surface area contributed by atoms with Crippen molar-refractivity contribution in [2.45, 2.75) is 6.61 Å². The average Bonchev–Trinajstić information content (AvgIpc) is 2.84. The first-order valence-corrected chi connectivity index (χ1v) is 10.5. The van der Waals surface area contributed by atoms with Crippen molar-refractivity contribution in [3.63, 3.8) is 0 Å². The molecule has 4 rings (SSSR count). The summed E-state index contributed by atoms with van der Waals surface area (Å²) in [6.45, 7) is -0.199. The van der Waals surface area contributed by atoms with Crippen LogP contribution in [0.25, 0.3) is 22.2 Å². The van der Waals surface area contributed by atoms with E-state index in [1.54, 1.807) is 35.2 Å². The second-order valence-electron chi connectivity index (χ2n) is 7.26. The van der Waals surface area contributed by atoms with Gasteiger partial charge in [0, 0.05) is 40.4 Å². The summed E-state index contributed by atoms with van der Waals surface area (Å²) in [5, 5.41) is 37.2. The van der Waals surface area contributed by atoms with Gasteiger partial charge >= 0.3 is 0 Å². The van der Waals surface area contributed by atoms with Gasteiger partial charge in [0.25, 0.3) is 11.4 Å². The molecule has 3 N–H and O–H groups in total. The number of non-ortho nitro benzene ring substituents is 1. The predicted molar refractivity (Wildman–Crippen MR) is 132 cm³/mol. The van der Waals surface area contributed by atoms with Crippen molar-refractivity contribution in [2.75, 3.05) is 5.32 Å². The van der Waals surface area contributed by atoms with Crippen LogP contribution in [0, 0.1) is 10.1 Å². The number of aromatic nitrogens is 1. The summed E-state index contributed by atoms with van der Waals surface area (Å²) < 4.78 is 1.58. The minimum Gasteiger partial charge on any atom is -0.502 e. The molecule has 8 heteroatoms. The maximum Gasteiger partial charge on any atom is 0.288 e. The minimum atomic E-state index is -0.525. The smallest absolute Gasteiger partial charge is 0.288 e. The highest BCUT2D eigenvalue weighted by Crippen LogP contribution is 2.26. The number of hydrogen-bond acceptors (Lipinski definition) is 5. The Balaban J connectivity index is 1.85. The van der Waals surface area contributed by atoms with Crippen molar-refractivity contribution in [1.29, 1.82) is 0 Å². The van der Waals surface area contributed by atoms with Crippen molar-refractivity contribution in [3.8, 4) is 0 Å². The molecule has 1 aromatic heterocycles. The molecule has 3 aromatic carbocycles. The van der Waals surface area contributed by atoms with Gasteiger partial charge in [-0.2, -0.15) is 4.57 Å². The van der Waals surface area contributed by atoms with Gasteiger partial charge in [0.15, 0.2) is 23.1 Å². The van der Waals surface area contributed by atoms with Gasteiger partial charge in [0.05, 0.1) is 11.5 Å². The number of aliphatic hydroxyl groups excluding tert-OH is 2. The van der Waals surface area contributed by atoms with Crippen molar-refractivity contribution >= 4 is 50.8 Å². The third kappa shape index (κ3) is 4.72. The van der Waals surface area contributed by atoms with Crippen LogP contribution in [-0.4, -0.2) is 20.1 Å². The number of nitrogens with zero attached hydrogens (tertiary/aromatic N) is 2. The fourth-order valence-electron chi connectivity index (χ4n) is 3.52. The monoisotopic (exact) mass is 458 g/mol. The summed E-state index contributed by atoms with van der Waals surface area (Å²) in [5.41, 5.74) is 1.66. The van der Waals surface area contributed by atoms with E-state index in [0.29, 0.717) is 5.56 Å². The molecule has 0 bridgehead atoms. The van der Waals surface area contributed by atoms with Crippen LogP contribution in [0.15, 0.2) is 91.3 Å². The third-order valence-electron chi connectivity index (χ3n) is 5.11. The first-order valence-electron chi connectivity index (χ1n) is 10.1. The molecule has 0 aliphatic rings. The van der Waals surface area contributed by atoms with Crippen molar-refractivity contribution in [1.82, 2.24) is 0 Å². The molecule has 0 aliphatic heterocycles. The van der Waals surface area contributed by atoms with Gasteiger partial charge < -0.3 is 15.5 Å². The molecule has 0 aliphatic carbocycles. The second-order valence-corrected chi connectivity index (χ2v) is 7.67. The molecule has 0 fully saturated rings. The maximum absolute atomic E-state index is 11.2. The molecular formula is C25H20N3O4S+. The predicted octanol–water partition coefficient (Wildman–Crippen LogP) is 4.85. The van der Waals surface area contributed by atoms with Gasteiger partial charge in [-0.3, -0.25) is 10.1 Å². The maximum atomic E-state index is 11.2. The van der Waals surface area contributed by atoms with E-state index >= 15 is 0 Å². The highest BCUT2D eigenvalue weighted by Gasteiger charge is 2.25.